The minimum atomic E-state index is -3.23. The molecule has 0 aromatic carbocycles. The quantitative estimate of drug-likeness (QED) is 0.757. The molecule has 2 N–H and O–H groups in total. The van der Waals surface area contributed by atoms with Crippen LogP contribution in [0.1, 0.15) is 44.9 Å². The van der Waals surface area contributed by atoms with Crippen molar-refractivity contribution in [3.8, 4) is 0 Å². The number of aliphatic hydroxyl groups excluding tert-OH is 1. The number of ether oxygens (including phenoxy) is 1. The van der Waals surface area contributed by atoms with Gasteiger partial charge in [-0.3, -0.25) is 0 Å². The smallest absolute Gasteiger partial charge is 0.214 e. The Morgan fingerprint density at radius 3 is 2.42 bits per heavy atom. The Morgan fingerprint density at radius 1 is 1.26 bits per heavy atom. The van der Waals surface area contributed by atoms with Crippen molar-refractivity contribution in [2.75, 3.05) is 13.2 Å². The lowest BCUT2D eigenvalue weighted by Gasteiger charge is -2.48. The van der Waals surface area contributed by atoms with Crippen LogP contribution in [-0.2, 0) is 14.8 Å². The molecule has 5 nitrogen and oxygen atoms in total. The highest BCUT2D eigenvalue weighted by Gasteiger charge is 2.51. The molecule has 0 aromatic heterocycles. The molecular weight excluding hydrogens is 266 g/mol. The van der Waals surface area contributed by atoms with Crippen LogP contribution >= 0.6 is 0 Å². The molecule has 2 saturated carbocycles. The highest BCUT2D eigenvalue weighted by atomic mass is 32.2. The zero-order valence-electron chi connectivity index (χ0n) is 11.2. The molecule has 0 unspecified atom stereocenters. The summed E-state index contributed by atoms with van der Waals surface area (Å²) >= 11 is 0. The average molecular weight is 289 g/mol. The van der Waals surface area contributed by atoms with E-state index in [2.05, 4.69) is 4.72 Å². The van der Waals surface area contributed by atoms with E-state index in [0.717, 1.165) is 44.9 Å². The van der Waals surface area contributed by atoms with Crippen molar-refractivity contribution >= 4 is 10.0 Å². The van der Waals surface area contributed by atoms with Crippen molar-refractivity contribution < 1.29 is 18.3 Å². The number of nitrogens with one attached hydrogen (secondary N) is 1. The van der Waals surface area contributed by atoms with Crippen LogP contribution in [-0.4, -0.2) is 44.1 Å². The Balaban J connectivity index is 1.79. The molecule has 1 aliphatic heterocycles. The molecule has 0 bridgehead atoms. The molecule has 0 spiro atoms. The van der Waals surface area contributed by atoms with E-state index >= 15 is 0 Å². The number of rotatable bonds is 6. The van der Waals surface area contributed by atoms with Crippen LogP contribution in [0.5, 0.6) is 0 Å². The maximum Gasteiger partial charge on any atom is 0.214 e. The van der Waals surface area contributed by atoms with Gasteiger partial charge in [-0.2, -0.15) is 0 Å². The lowest BCUT2D eigenvalue weighted by Crippen LogP contribution is -2.59. The average Bonchev–Trinajstić information content (AvgIpc) is 3.05. The Hall–Kier alpha value is -0.170. The maximum atomic E-state index is 12.2. The summed E-state index contributed by atoms with van der Waals surface area (Å²) < 4.78 is 33.0. The molecule has 0 radical (unpaired) electrons. The predicted molar refractivity (Wildman–Crippen MR) is 71.2 cm³/mol. The maximum absolute atomic E-state index is 12.2. The number of aliphatic hydroxyl groups is 1. The van der Waals surface area contributed by atoms with Gasteiger partial charge in [-0.25, -0.2) is 13.1 Å². The highest BCUT2D eigenvalue weighted by molar-refractivity contribution is 7.90. The fourth-order valence-electron chi connectivity index (χ4n) is 3.31. The Bertz CT molecular complexity index is 416. The summed E-state index contributed by atoms with van der Waals surface area (Å²) in [4.78, 5) is 0. The summed E-state index contributed by atoms with van der Waals surface area (Å²) in [5.74, 6) is 0. The van der Waals surface area contributed by atoms with Gasteiger partial charge >= 0.3 is 0 Å². The molecule has 2 atom stereocenters. The molecule has 2 aliphatic carbocycles. The normalized spacial score (nSPS) is 31.9. The van der Waals surface area contributed by atoms with Crippen molar-refractivity contribution in [3.05, 3.63) is 0 Å². The number of hydrogen-bond donors (Lipinski definition) is 2. The third-order valence-electron chi connectivity index (χ3n) is 4.92. The van der Waals surface area contributed by atoms with Crippen molar-refractivity contribution in [2.24, 2.45) is 5.41 Å². The molecule has 3 rings (SSSR count). The zero-order chi connectivity index (χ0) is 13.5. The van der Waals surface area contributed by atoms with Gasteiger partial charge in [0, 0.05) is 12.0 Å². The fourth-order valence-corrected chi connectivity index (χ4v) is 5.02. The van der Waals surface area contributed by atoms with Gasteiger partial charge < -0.3 is 9.84 Å². The van der Waals surface area contributed by atoms with Gasteiger partial charge in [-0.15, -0.1) is 0 Å². The van der Waals surface area contributed by atoms with E-state index in [0.29, 0.717) is 6.61 Å². The monoisotopic (exact) mass is 289 g/mol. The van der Waals surface area contributed by atoms with Gasteiger partial charge in [0.15, 0.2) is 0 Å². The summed E-state index contributed by atoms with van der Waals surface area (Å²) in [7, 11) is -3.23. The van der Waals surface area contributed by atoms with Crippen LogP contribution in [0.15, 0.2) is 0 Å². The molecule has 3 fully saturated rings. The van der Waals surface area contributed by atoms with E-state index in [1.54, 1.807) is 0 Å². The number of sulfonamides is 1. The van der Waals surface area contributed by atoms with Crippen LogP contribution in [0.3, 0.4) is 0 Å². The molecule has 19 heavy (non-hydrogen) atoms. The third kappa shape index (κ3) is 2.55. The third-order valence-corrected chi connectivity index (χ3v) is 6.85. The van der Waals surface area contributed by atoms with E-state index in [1.807, 2.05) is 0 Å². The fraction of sp³-hybridized carbons (Fsp3) is 1.00. The summed E-state index contributed by atoms with van der Waals surface area (Å²) in [6.07, 6.45) is 6.17. The van der Waals surface area contributed by atoms with E-state index in [4.69, 9.17) is 4.74 Å². The van der Waals surface area contributed by atoms with Crippen LogP contribution in [0, 0.1) is 5.41 Å². The second-order valence-electron chi connectivity index (χ2n) is 6.27. The lowest BCUT2D eigenvalue weighted by molar-refractivity contribution is -0.0429. The highest BCUT2D eigenvalue weighted by Crippen LogP contribution is 2.46. The lowest BCUT2D eigenvalue weighted by atomic mass is 9.63. The molecule has 110 valence electrons. The summed E-state index contributed by atoms with van der Waals surface area (Å²) in [6, 6.07) is -0.251. The minimum absolute atomic E-state index is 0.0463. The van der Waals surface area contributed by atoms with Gasteiger partial charge in [0.25, 0.3) is 0 Å². The zero-order valence-corrected chi connectivity index (χ0v) is 12.0. The van der Waals surface area contributed by atoms with Gasteiger partial charge in [0.05, 0.1) is 24.0 Å². The molecular formula is C13H23NO4S. The second-order valence-corrected chi connectivity index (χ2v) is 8.26. The molecule has 1 heterocycles. The van der Waals surface area contributed by atoms with E-state index < -0.39 is 10.0 Å². The van der Waals surface area contributed by atoms with Gasteiger partial charge in [-0.05, 0) is 38.5 Å². The first-order chi connectivity index (χ1) is 9.07. The van der Waals surface area contributed by atoms with E-state index in [-0.39, 0.29) is 29.4 Å². The van der Waals surface area contributed by atoms with Gasteiger partial charge in [0.1, 0.15) is 0 Å². The first kappa shape index (κ1) is 13.8. The standard InChI is InChI=1S/C13H23NO4S/c15-9-13(6-2-7-13)12(11-3-1-8-18-11)14-19(16,17)10-4-5-10/h10-12,14-15H,1-9H2/t11-,12+/m0/s1. The molecule has 1 saturated heterocycles. The summed E-state index contributed by atoms with van der Waals surface area (Å²) in [5, 5.41) is 9.51. The van der Waals surface area contributed by atoms with E-state index in [1.165, 1.54) is 0 Å². The van der Waals surface area contributed by atoms with Crippen molar-refractivity contribution in [3.63, 3.8) is 0 Å². The van der Waals surface area contributed by atoms with Crippen LogP contribution < -0.4 is 4.72 Å². The topological polar surface area (TPSA) is 75.6 Å². The van der Waals surface area contributed by atoms with Crippen LogP contribution in [0.25, 0.3) is 0 Å². The molecule has 0 aromatic rings. The van der Waals surface area contributed by atoms with Crippen LogP contribution in [0.2, 0.25) is 0 Å². The largest absolute Gasteiger partial charge is 0.396 e. The van der Waals surface area contributed by atoms with Gasteiger partial charge in [-0.1, -0.05) is 6.42 Å². The Labute approximate surface area is 114 Å². The number of hydrogen-bond acceptors (Lipinski definition) is 4. The minimum Gasteiger partial charge on any atom is -0.396 e. The van der Waals surface area contributed by atoms with Crippen LogP contribution in [0.4, 0.5) is 0 Å². The first-order valence-corrected chi connectivity index (χ1v) is 8.86. The predicted octanol–water partition coefficient (Wildman–Crippen LogP) is 0.778. The van der Waals surface area contributed by atoms with E-state index in [9.17, 15) is 13.5 Å². The second kappa shape index (κ2) is 4.98. The van der Waals surface area contributed by atoms with Crippen molar-refractivity contribution in [1.29, 1.82) is 0 Å². The Morgan fingerprint density at radius 2 is 2.00 bits per heavy atom. The van der Waals surface area contributed by atoms with Crippen molar-refractivity contribution in [1.82, 2.24) is 4.72 Å². The Kier molecular flexibility index (Phi) is 3.62. The van der Waals surface area contributed by atoms with Crippen molar-refractivity contribution in [2.45, 2.75) is 62.3 Å². The summed E-state index contributed by atoms with van der Waals surface area (Å²) in [5.41, 5.74) is -0.295. The molecule has 0 amide bonds. The molecule has 6 heteroatoms. The first-order valence-electron chi connectivity index (χ1n) is 7.31. The van der Waals surface area contributed by atoms with Gasteiger partial charge in [0.2, 0.25) is 10.0 Å². The summed E-state index contributed by atoms with van der Waals surface area (Å²) in [6.45, 7) is 0.749. The molecule has 3 aliphatic rings. The SMILES string of the molecule is O=S(=O)(N[C@H]([C@@H]1CCCO1)C1(CO)CCC1)C1CC1.